The number of benzene rings is 3. The number of anilines is 1. The normalized spacial score (nSPS) is 19.0. The molecule has 3 aromatic carbocycles. The number of rotatable bonds is 5. The van der Waals surface area contributed by atoms with Crippen LogP contribution in [0.2, 0.25) is 10.0 Å². The summed E-state index contributed by atoms with van der Waals surface area (Å²) < 4.78 is 68.2. The van der Waals surface area contributed by atoms with Crippen LogP contribution in [-0.4, -0.2) is 43.6 Å². The molecule has 0 amide bonds. The number of hydrogen-bond acceptors (Lipinski definition) is 5. The van der Waals surface area contributed by atoms with Crippen LogP contribution < -0.4 is 4.90 Å². The smallest absolute Gasteiger partial charge is 0.376 e. The molecule has 37 heavy (non-hydrogen) atoms. The lowest BCUT2D eigenvalue weighted by Gasteiger charge is -2.43. The Balaban J connectivity index is 1.73. The van der Waals surface area contributed by atoms with Crippen molar-refractivity contribution in [2.24, 2.45) is 0 Å². The van der Waals surface area contributed by atoms with E-state index in [2.05, 4.69) is 12.6 Å². The minimum atomic E-state index is -4.85. The summed E-state index contributed by atoms with van der Waals surface area (Å²) in [6.07, 6.45) is -4.85. The molecule has 198 valence electrons. The summed E-state index contributed by atoms with van der Waals surface area (Å²) in [5, 5.41) is 10.8. The van der Waals surface area contributed by atoms with Gasteiger partial charge in [-0.25, -0.2) is 8.42 Å². The number of alkyl halides is 3. The molecule has 0 bridgehead atoms. The topological polar surface area (TPSA) is 60.9 Å². The Kier molecular flexibility index (Phi) is 7.82. The first-order valence-electron chi connectivity index (χ1n) is 11.1. The average Bonchev–Trinajstić information content (AvgIpc) is 2.84. The van der Waals surface area contributed by atoms with Crippen LogP contribution in [0.5, 0.6) is 0 Å². The Morgan fingerprint density at radius 2 is 1.65 bits per heavy atom. The maximum absolute atomic E-state index is 13.5. The van der Waals surface area contributed by atoms with Crippen molar-refractivity contribution in [1.29, 1.82) is 0 Å². The van der Waals surface area contributed by atoms with E-state index in [9.17, 15) is 26.7 Å². The molecule has 5 nitrogen and oxygen atoms in total. The summed E-state index contributed by atoms with van der Waals surface area (Å²) in [4.78, 5) is 2.25. The van der Waals surface area contributed by atoms with Crippen LogP contribution >= 0.6 is 35.8 Å². The zero-order valence-electron chi connectivity index (χ0n) is 19.5. The minimum absolute atomic E-state index is 0.00647. The van der Waals surface area contributed by atoms with E-state index < -0.39 is 27.8 Å². The van der Waals surface area contributed by atoms with Crippen LogP contribution in [0.15, 0.2) is 76.5 Å². The number of hydrogen-bond donors (Lipinski definition) is 2. The molecule has 0 aromatic heterocycles. The molecule has 2 atom stereocenters. The van der Waals surface area contributed by atoms with Crippen LogP contribution in [0.1, 0.15) is 24.1 Å². The van der Waals surface area contributed by atoms with Crippen molar-refractivity contribution in [3.63, 3.8) is 0 Å². The maximum Gasteiger partial charge on any atom is 0.421 e. The van der Waals surface area contributed by atoms with Gasteiger partial charge >= 0.3 is 6.18 Å². The number of thiol groups is 1. The molecule has 3 aromatic rings. The number of piperazine rings is 1. The predicted molar refractivity (Wildman–Crippen MR) is 141 cm³/mol. The largest absolute Gasteiger partial charge is 0.421 e. The highest BCUT2D eigenvalue weighted by Gasteiger charge is 2.51. The van der Waals surface area contributed by atoms with E-state index in [0.29, 0.717) is 33.1 Å². The van der Waals surface area contributed by atoms with Gasteiger partial charge in [0, 0.05) is 40.3 Å². The first-order valence-corrected chi connectivity index (χ1v) is 13.8. The lowest BCUT2D eigenvalue weighted by Crippen LogP contribution is -2.50. The van der Waals surface area contributed by atoms with Crippen molar-refractivity contribution in [2.75, 3.05) is 24.5 Å². The van der Waals surface area contributed by atoms with E-state index in [-0.39, 0.29) is 30.1 Å². The highest BCUT2D eigenvalue weighted by Crippen LogP contribution is 2.41. The SMILES string of the molecule is C[C@@](O)(c1ccc(N2CCN(S(=O)(=O)c3ccccc3S)C[C@H]2c2cc(Cl)ccc2Cl)cc1)C(F)(F)F. The number of aliphatic hydroxyl groups is 1. The van der Waals surface area contributed by atoms with Gasteiger partial charge in [0.05, 0.1) is 10.9 Å². The predicted octanol–water partition coefficient (Wildman–Crippen LogP) is 6.30. The third kappa shape index (κ3) is 5.46. The van der Waals surface area contributed by atoms with Crippen LogP contribution in [-0.2, 0) is 15.6 Å². The van der Waals surface area contributed by atoms with Crippen molar-refractivity contribution in [1.82, 2.24) is 4.31 Å². The molecule has 1 saturated heterocycles. The zero-order chi connectivity index (χ0) is 27.2. The molecule has 1 aliphatic heterocycles. The van der Waals surface area contributed by atoms with Gasteiger partial charge in [0.25, 0.3) is 0 Å². The van der Waals surface area contributed by atoms with Gasteiger partial charge in [-0.15, -0.1) is 12.6 Å². The molecular weight excluding hydrogens is 568 g/mol. The highest BCUT2D eigenvalue weighted by atomic mass is 35.5. The van der Waals surface area contributed by atoms with Gasteiger partial charge in [0.2, 0.25) is 10.0 Å². The summed E-state index contributed by atoms with van der Waals surface area (Å²) >= 11 is 17.0. The minimum Gasteiger partial charge on any atom is -0.376 e. The monoisotopic (exact) mass is 590 g/mol. The maximum atomic E-state index is 13.5. The van der Waals surface area contributed by atoms with Gasteiger partial charge in [-0.3, -0.25) is 0 Å². The fourth-order valence-electron chi connectivity index (χ4n) is 4.28. The van der Waals surface area contributed by atoms with Crippen molar-refractivity contribution in [2.45, 2.75) is 34.5 Å². The first kappa shape index (κ1) is 28.1. The zero-order valence-corrected chi connectivity index (χ0v) is 22.7. The lowest BCUT2D eigenvalue weighted by atomic mass is 9.94. The van der Waals surface area contributed by atoms with Gasteiger partial charge in [-0.1, -0.05) is 47.5 Å². The Hall–Kier alpha value is -1.95. The number of halogens is 5. The first-order chi connectivity index (χ1) is 17.2. The van der Waals surface area contributed by atoms with E-state index in [4.69, 9.17) is 23.2 Å². The fraction of sp³-hybridized carbons (Fsp3) is 0.280. The molecule has 4 rings (SSSR count). The lowest BCUT2D eigenvalue weighted by molar-refractivity contribution is -0.258. The van der Waals surface area contributed by atoms with Crippen LogP contribution in [0.25, 0.3) is 0 Å². The second kappa shape index (κ2) is 10.3. The molecule has 0 aliphatic carbocycles. The van der Waals surface area contributed by atoms with Gasteiger partial charge in [0.15, 0.2) is 5.60 Å². The van der Waals surface area contributed by atoms with Crippen LogP contribution in [0, 0.1) is 0 Å². The van der Waals surface area contributed by atoms with E-state index in [0.717, 1.165) is 0 Å². The van der Waals surface area contributed by atoms with E-state index in [1.165, 1.54) is 34.6 Å². The second-order valence-electron chi connectivity index (χ2n) is 8.82. The molecule has 12 heteroatoms. The van der Waals surface area contributed by atoms with Gasteiger partial charge in [0.1, 0.15) is 0 Å². The molecule has 1 N–H and O–H groups in total. The van der Waals surface area contributed by atoms with Crippen molar-refractivity contribution < 1.29 is 26.7 Å². The van der Waals surface area contributed by atoms with Crippen molar-refractivity contribution in [3.05, 3.63) is 87.9 Å². The van der Waals surface area contributed by atoms with Crippen LogP contribution in [0.3, 0.4) is 0 Å². The summed E-state index contributed by atoms with van der Waals surface area (Å²) in [6, 6.07) is 16.0. The van der Waals surface area contributed by atoms with Crippen LogP contribution in [0.4, 0.5) is 18.9 Å². The molecule has 0 radical (unpaired) electrons. The molecule has 1 heterocycles. The molecule has 1 fully saturated rings. The average molecular weight is 592 g/mol. The number of sulfonamides is 1. The molecule has 0 spiro atoms. The quantitative estimate of drug-likeness (QED) is 0.342. The Morgan fingerprint density at radius 1 is 1.00 bits per heavy atom. The summed E-state index contributed by atoms with van der Waals surface area (Å²) in [6.45, 7) is 1.03. The Labute approximate surface area is 228 Å². The van der Waals surface area contributed by atoms with Gasteiger partial charge < -0.3 is 10.0 Å². The molecule has 1 aliphatic rings. The standard InChI is InChI=1S/C25H23Cl2F3N2O3S2/c1-24(33,25(28,29)30)16-6-9-18(10-7-16)32-13-12-31(37(34,35)23-5-3-2-4-22(23)36)15-21(32)19-14-17(26)8-11-20(19)27/h2-11,14,21,33,36H,12-13,15H2,1H3/t21-,24+/m0/s1. The fourth-order valence-corrected chi connectivity index (χ4v) is 6.73. The van der Waals surface area contributed by atoms with E-state index >= 15 is 0 Å². The Bertz CT molecular complexity index is 1400. The summed E-state index contributed by atoms with van der Waals surface area (Å²) in [5.74, 6) is 0. The van der Waals surface area contributed by atoms with E-state index in [1.807, 2.05) is 4.90 Å². The molecule has 0 saturated carbocycles. The third-order valence-corrected chi connectivity index (χ3v) is 9.50. The summed E-state index contributed by atoms with van der Waals surface area (Å²) in [5.41, 5.74) is -2.23. The van der Waals surface area contributed by atoms with E-state index in [1.54, 1.807) is 36.4 Å². The Morgan fingerprint density at radius 3 is 2.27 bits per heavy atom. The van der Waals surface area contributed by atoms with Crippen molar-refractivity contribution >= 4 is 51.5 Å². The summed E-state index contributed by atoms with van der Waals surface area (Å²) in [7, 11) is -3.91. The van der Waals surface area contributed by atoms with Gasteiger partial charge in [-0.05, 0) is 60.5 Å². The molecular formula is C25H23Cl2F3N2O3S2. The number of nitrogens with zero attached hydrogens (tertiary/aromatic N) is 2. The van der Waals surface area contributed by atoms with Crippen molar-refractivity contribution in [3.8, 4) is 0 Å². The molecule has 0 unspecified atom stereocenters. The highest BCUT2D eigenvalue weighted by molar-refractivity contribution is 7.90. The van der Waals surface area contributed by atoms with Gasteiger partial charge in [-0.2, -0.15) is 17.5 Å². The third-order valence-electron chi connectivity index (χ3n) is 6.46. The second-order valence-corrected chi connectivity index (χ2v) is 12.1.